The van der Waals surface area contributed by atoms with E-state index < -0.39 is 11.5 Å². The van der Waals surface area contributed by atoms with Crippen LogP contribution in [0.4, 0.5) is 0 Å². The molecule has 96 valence electrons. The first-order valence-electron chi connectivity index (χ1n) is 6.04. The monoisotopic (exact) mass is 240 g/mol. The highest BCUT2D eigenvalue weighted by Gasteiger charge is 2.47. The number of rotatable bonds is 5. The molecule has 1 saturated carbocycles. The van der Waals surface area contributed by atoms with Crippen LogP contribution in [0.5, 0.6) is 0 Å². The fourth-order valence-corrected chi connectivity index (χ4v) is 2.67. The van der Waals surface area contributed by atoms with Gasteiger partial charge in [-0.2, -0.15) is 0 Å². The van der Waals surface area contributed by atoms with Gasteiger partial charge in [-0.15, -0.1) is 0 Å². The van der Waals surface area contributed by atoms with Gasteiger partial charge in [0.15, 0.2) is 0 Å². The second kappa shape index (κ2) is 5.89. The van der Waals surface area contributed by atoms with Crippen molar-refractivity contribution in [3.8, 4) is 0 Å². The molecule has 0 aliphatic heterocycles. The minimum atomic E-state index is -0.858. The summed E-state index contributed by atoms with van der Waals surface area (Å²) in [4.78, 5) is 14.2. The van der Waals surface area contributed by atoms with Gasteiger partial charge in [0.05, 0.1) is 0 Å². The molecule has 0 radical (unpaired) electrons. The van der Waals surface area contributed by atoms with Crippen LogP contribution in [0.3, 0.4) is 0 Å². The molecule has 0 amide bonds. The first kappa shape index (κ1) is 13.8. The Hall–Kier alpha value is -1.26. The number of carboxylic acid groups (broad SMARTS) is 1. The van der Waals surface area contributed by atoms with E-state index in [9.17, 15) is 9.90 Å². The molecule has 0 heterocycles. The van der Waals surface area contributed by atoms with E-state index in [4.69, 9.17) is 5.53 Å². The quantitative estimate of drug-likeness (QED) is 0.333. The van der Waals surface area contributed by atoms with Crippen molar-refractivity contribution < 1.29 is 9.90 Å². The summed E-state index contributed by atoms with van der Waals surface area (Å²) < 4.78 is 0. The summed E-state index contributed by atoms with van der Waals surface area (Å²) in [5.41, 5.74) is 7.33. The van der Waals surface area contributed by atoms with Crippen LogP contribution in [-0.4, -0.2) is 29.7 Å². The molecule has 6 nitrogen and oxygen atoms in total. The van der Waals surface area contributed by atoms with Crippen molar-refractivity contribution in [1.82, 2.24) is 5.32 Å². The largest absolute Gasteiger partial charge is 0.480 e. The molecule has 1 fully saturated rings. The molecule has 1 aliphatic rings. The van der Waals surface area contributed by atoms with Crippen LogP contribution in [0.2, 0.25) is 0 Å². The van der Waals surface area contributed by atoms with E-state index in [0.29, 0.717) is 18.9 Å². The maximum Gasteiger partial charge on any atom is 0.324 e. The Kier molecular flexibility index (Phi) is 4.78. The number of carbonyl (C=O) groups is 1. The molecule has 6 heteroatoms. The molecular weight excluding hydrogens is 220 g/mol. The number of hydrogen-bond donors (Lipinski definition) is 2. The number of aliphatic carboxylic acids is 1. The Morgan fingerprint density at radius 3 is 2.94 bits per heavy atom. The summed E-state index contributed by atoms with van der Waals surface area (Å²) >= 11 is 0. The van der Waals surface area contributed by atoms with Gasteiger partial charge in [-0.3, -0.25) is 4.79 Å². The third-order valence-electron chi connectivity index (χ3n) is 3.96. The summed E-state index contributed by atoms with van der Waals surface area (Å²) in [6.45, 7) is 4.77. The molecule has 0 aromatic carbocycles. The third kappa shape index (κ3) is 2.90. The Balaban J connectivity index is 2.73. The van der Waals surface area contributed by atoms with Gasteiger partial charge in [0, 0.05) is 18.0 Å². The van der Waals surface area contributed by atoms with E-state index in [1.807, 2.05) is 6.92 Å². The maximum absolute atomic E-state index is 11.5. The molecule has 3 atom stereocenters. The zero-order chi connectivity index (χ0) is 12.9. The highest BCUT2D eigenvalue weighted by Crippen LogP contribution is 2.37. The average molecular weight is 240 g/mol. The molecule has 0 aromatic rings. The van der Waals surface area contributed by atoms with Crippen molar-refractivity contribution in [1.29, 1.82) is 0 Å². The Bertz CT molecular complexity index is 327. The summed E-state index contributed by atoms with van der Waals surface area (Å²) in [5.74, 6) is -0.316. The molecule has 1 aliphatic carbocycles. The number of nitrogens with zero attached hydrogens (tertiary/aromatic N) is 3. The summed E-state index contributed by atoms with van der Waals surface area (Å²) in [6.07, 6.45) is 2.64. The highest BCUT2D eigenvalue weighted by molar-refractivity contribution is 5.79. The third-order valence-corrected chi connectivity index (χ3v) is 3.96. The second-order valence-electron chi connectivity index (χ2n) is 4.82. The molecule has 0 bridgehead atoms. The lowest BCUT2D eigenvalue weighted by Crippen LogP contribution is -2.60. The average Bonchev–Trinajstić information content (AvgIpc) is 2.29. The van der Waals surface area contributed by atoms with Crippen LogP contribution >= 0.6 is 0 Å². The topological polar surface area (TPSA) is 98.1 Å². The van der Waals surface area contributed by atoms with E-state index >= 15 is 0 Å². The number of azide groups is 1. The van der Waals surface area contributed by atoms with Gasteiger partial charge in [-0.25, -0.2) is 0 Å². The summed E-state index contributed by atoms with van der Waals surface area (Å²) in [5, 5.41) is 16.0. The lowest BCUT2D eigenvalue weighted by molar-refractivity contribution is -0.150. The fourth-order valence-electron chi connectivity index (χ4n) is 2.67. The first-order valence-corrected chi connectivity index (χ1v) is 6.04. The Labute approximate surface area is 101 Å². The molecule has 1 rings (SSSR count). The molecule has 3 unspecified atom stereocenters. The Morgan fingerprint density at radius 2 is 2.35 bits per heavy atom. The number of nitrogens with one attached hydrogen (secondary N) is 1. The van der Waals surface area contributed by atoms with Gasteiger partial charge in [0.1, 0.15) is 5.54 Å². The van der Waals surface area contributed by atoms with Gasteiger partial charge >= 0.3 is 5.97 Å². The van der Waals surface area contributed by atoms with Crippen molar-refractivity contribution in [3.05, 3.63) is 10.4 Å². The van der Waals surface area contributed by atoms with Crippen LogP contribution in [-0.2, 0) is 4.79 Å². The van der Waals surface area contributed by atoms with Crippen LogP contribution in [0.1, 0.15) is 33.1 Å². The van der Waals surface area contributed by atoms with Gasteiger partial charge in [0.2, 0.25) is 0 Å². The number of carboxylic acids is 1. The van der Waals surface area contributed by atoms with E-state index in [-0.39, 0.29) is 12.5 Å². The lowest BCUT2D eigenvalue weighted by atomic mass is 9.68. The van der Waals surface area contributed by atoms with Crippen LogP contribution in [0, 0.1) is 11.8 Å². The molecule has 2 N–H and O–H groups in total. The van der Waals surface area contributed by atoms with Crippen LogP contribution < -0.4 is 5.32 Å². The second-order valence-corrected chi connectivity index (χ2v) is 4.82. The van der Waals surface area contributed by atoms with Crippen molar-refractivity contribution in [3.63, 3.8) is 0 Å². The summed E-state index contributed by atoms with van der Waals surface area (Å²) in [7, 11) is 0. The Morgan fingerprint density at radius 1 is 1.65 bits per heavy atom. The van der Waals surface area contributed by atoms with Gasteiger partial charge in [0.25, 0.3) is 0 Å². The van der Waals surface area contributed by atoms with Crippen molar-refractivity contribution in [2.45, 2.75) is 38.6 Å². The predicted molar refractivity (Wildman–Crippen MR) is 64.6 cm³/mol. The van der Waals surface area contributed by atoms with Gasteiger partial charge in [-0.05, 0) is 23.8 Å². The molecule has 0 spiro atoms. The first-order chi connectivity index (χ1) is 8.04. The SMILES string of the molecule is CC1CCCC(NCCN=[N+]=[N-])(C(=O)O)C1C. The lowest BCUT2D eigenvalue weighted by Gasteiger charge is -2.43. The normalized spacial score (nSPS) is 32.8. The number of hydrogen-bond acceptors (Lipinski definition) is 3. The highest BCUT2D eigenvalue weighted by atomic mass is 16.4. The molecular formula is C11H20N4O2. The molecule has 0 aromatic heterocycles. The fraction of sp³-hybridized carbons (Fsp3) is 0.909. The van der Waals surface area contributed by atoms with Crippen LogP contribution in [0.15, 0.2) is 5.11 Å². The van der Waals surface area contributed by atoms with Crippen molar-refractivity contribution in [2.75, 3.05) is 13.1 Å². The van der Waals surface area contributed by atoms with Gasteiger partial charge < -0.3 is 10.4 Å². The van der Waals surface area contributed by atoms with Crippen molar-refractivity contribution in [2.24, 2.45) is 17.0 Å². The van der Waals surface area contributed by atoms with E-state index in [2.05, 4.69) is 22.3 Å². The van der Waals surface area contributed by atoms with E-state index in [1.165, 1.54) is 0 Å². The van der Waals surface area contributed by atoms with E-state index in [1.54, 1.807) is 0 Å². The zero-order valence-corrected chi connectivity index (χ0v) is 10.4. The zero-order valence-electron chi connectivity index (χ0n) is 10.4. The molecule has 17 heavy (non-hydrogen) atoms. The van der Waals surface area contributed by atoms with E-state index in [0.717, 1.165) is 12.8 Å². The van der Waals surface area contributed by atoms with Crippen LogP contribution in [0.25, 0.3) is 10.4 Å². The molecule has 0 saturated heterocycles. The minimum Gasteiger partial charge on any atom is -0.480 e. The smallest absolute Gasteiger partial charge is 0.324 e. The maximum atomic E-state index is 11.5. The minimum absolute atomic E-state index is 0.0832. The van der Waals surface area contributed by atoms with Gasteiger partial charge in [-0.1, -0.05) is 31.8 Å². The summed E-state index contributed by atoms with van der Waals surface area (Å²) in [6, 6.07) is 0. The predicted octanol–water partition coefficient (Wildman–Crippen LogP) is 2.17. The standard InChI is InChI=1S/C11H20N4O2/c1-8-4-3-5-11(9(8)2,10(16)17)13-6-7-14-15-12/h8-9,13H,3-7H2,1-2H3,(H,16,17). The van der Waals surface area contributed by atoms with Crippen molar-refractivity contribution >= 4 is 5.97 Å².